The third-order valence-electron chi connectivity index (χ3n) is 7.17. The molecule has 2 aliphatic rings. The highest BCUT2D eigenvalue weighted by Crippen LogP contribution is 2.38. The topological polar surface area (TPSA) is 134 Å². The summed E-state index contributed by atoms with van der Waals surface area (Å²) in [6.07, 6.45) is -8.42. The number of rotatable bonds is 4. The molecular weight excluding hydrogens is 642 g/mol. The molecule has 47 heavy (non-hydrogen) atoms. The molecule has 0 bridgehead atoms. The van der Waals surface area contributed by atoms with E-state index in [9.17, 15) is 51.4 Å². The number of nitrogens with one attached hydrogen (secondary N) is 1. The number of ether oxygens (including phenoxy) is 1. The van der Waals surface area contributed by atoms with E-state index in [1.54, 1.807) is 30.6 Å². The maximum Gasteiger partial charge on any atom is 0.416 e. The molecule has 0 atom stereocenters. The molecule has 0 aliphatic carbocycles. The predicted octanol–water partition coefficient (Wildman–Crippen LogP) is 6.47. The van der Waals surface area contributed by atoms with Crippen molar-refractivity contribution in [2.24, 2.45) is 0 Å². The maximum absolute atomic E-state index is 12.9. The van der Waals surface area contributed by atoms with Gasteiger partial charge in [0.25, 0.3) is 11.4 Å². The Kier molecular flexibility index (Phi) is 11.9. The number of nitrogens with zero attached hydrogens (tertiary/aromatic N) is 5. The number of hydrogen-bond donors (Lipinski definition) is 1. The van der Waals surface area contributed by atoms with Crippen molar-refractivity contribution in [3.8, 4) is 0 Å². The summed E-state index contributed by atoms with van der Waals surface area (Å²) in [5.41, 5.74) is -3.46. The lowest BCUT2D eigenvalue weighted by molar-refractivity contribution is -0.384. The molecule has 260 valence electrons. The molecule has 2 aromatic carbocycles. The third-order valence-corrected chi connectivity index (χ3v) is 7.17. The van der Waals surface area contributed by atoms with Crippen LogP contribution in [0.3, 0.4) is 0 Å². The van der Waals surface area contributed by atoms with Gasteiger partial charge in [-0.05, 0) is 64.4 Å². The first-order valence-electron chi connectivity index (χ1n) is 14.7. The highest BCUT2D eigenvalue weighted by Gasteiger charge is 2.35. The fourth-order valence-electron chi connectivity index (χ4n) is 4.98. The summed E-state index contributed by atoms with van der Waals surface area (Å²) in [5, 5.41) is 25.5. The Bertz CT molecular complexity index is 1420. The van der Waals surface area contributed by atoms with Gasteiger partial charge < -0.3 is 24.8 Å². The van der Waals surface area contributed by atoms with Crippen LogP contribution in [0.25, 0.3) is 0 Å². The van der Waals surface area contributed by atoms with Gasteiger partial charge in [0.2, 0.25) is 0 Å². The van der Waals surface area contributed by atoms with Gasteiger partial charge in [-0.2, -0.15) is 26.3 Å². The lowest BCUT2D eigenvalue weighted by Crippen LogP contribution is -2.39. The fraction of sp³-hybridized carbons (Fsp3) is 0.552. The van der Waals surface area contributed by atoms with Crippen molar-refractivity contribution in [1.82, 2.24) is 10.2 Å². The monoisotopic (exact) mass is 678 g/mol. The van der Waals surface area contributed by atoms with Crippen molar-refractivity contribution in [3.05, 3.63) is 67.8 Å². The average Bonchev–Trinajstić information content (AvgIpc) is 3.39. The number of carbonyl (C=O) groups is 1. The second kappa shape index (κ2) is 15.0. The summed E-state index contributed by atoms with van der Waals surface area (Å²) in [4.78, 5) is 37.8. The number of alkyl halides is 6. The number of anilines is 2. The molecular formula is C29H36F6N6O6. The van der Waals surface area contributed by atoms with Crippen LogP contribution in [0.15, 0.2) is 36.4 Å². The van der Waals surface area contributed by atoms with Gasteiger partial charge in [0.15, 0.2) is 0 Å². The molecule has 0 radical (unpaired) electrons. The largest absolute Gasteiger partial charge is 0.444 e. The van der Waals surface area contributed by atoms with Gasteiger partial charge in [-0.1, -0.05) is 0 Å². The number of nitro groups is 2. The molecule has 1 amide bonds. The van der Waals surface area contributed by atoms with Crippen molar-refractivity contribution in [2.45, 2.75) is 51.6 Å². The first kappa shape index (κ1) is 37.1. The molecule has 1 N–H and O–H groups in total. The van der Waals surface area contributed by atoms with E-state index >= 15 is 0 Å². The molecule has 18 heteroatoms. The molecule has 2 saturated heterocycles. The molecule has 0 spiro atoms. The van der Waals surface area contributed by atoms with Crippen LogP contribution in [0.4, 0.5) is 53.9 Å². The van der Waals surface area contributed by atoms with Crippen LogP contribution in [-0.2, 0) is 17.1 Å². The van der Waals surface area contributed by atoms with Gasteiger partial charge in [-0.3, -0.25) is 20.2 Å². The molecule has 0 unspecified atom stereocenters. The lowest BCUT2D eigenvalue weighted by Gasteiger charge is -2.27. The van der Waals surface area contributed by atoms with Crippen LogP contribution >= 0.6 is 0 Å². The van der Waals surface area contributed by atoms with E-state index in [1.807, 2.05) is 0 Å². The van der Waals surface area contributed by atoms with Gasteiger partial charge in [0.1, 0.15) is 17.0 Å². The van der Waals surface area contributed by atoms with Crippen LogP contribution in [-0.4, -0.2) is 78.8 Å². The molecule has 0 saturated carbocycles. The van der Waals surface area contributed by atoms with Gasteiger partial charge in [-0.15, -0.1) is 0 Å². The minimum absolute atomic E-state index is 0.110. The predicted molar refractivity (Wildman–Crippen MR) is 161 cm³/mol. The number of amides is 1. The lowest BCUT2D eigenvalue weighted by atomic mass is 10.1. The zero-order valence-corrected chi connectivity index (χ0v) is 26.0. The van der Waals surface area contributed by atoms with Gasteiger partial charge in [-0.25, -0.2) is 4.79 Å². The van der Waals surface area contributed by atoms with Crippen molar-refractivity contribution >= 4 is 28.8 Å². The van der Waals surface area contributed by atoms with E-state index in [-0.39, 0.29) is 24.5 Å². The summed E-state index contributed by atoms with van der Waals surface area (Å²) in [5.74, 6) is 0. The Morgan fingerprint density at radius 2 is 1.21 bits per heavy atom. The normalized spacial score (nSPS) is 16.4. The molecule has 2 heterocycles. The van der Waals surface area contributed by atoms with E-state index in [2.05, 4.69) is 5.32 Å². The molecule has 4 rings (SSSR count). The highest BCUT2D eigenvalue weighted by atomic mass is 19.4. The molecule has 2 aliphatic heterocycles. The quantitative estimate of drug-likeness (QED) is 0.219. The number of hydrogen-bond acceptors (Lipinski definition) is 9. The maximum atomic E-state index is 12.9. The SMILES string of the molecule is CC(C)(C)OC(=O)N1CCCN(c2ccc(C(F)(F)F)cc2[N+](=O)[O-])CC1.O=[N+]([O-])c1cc(C(F)(F)F)ccc1N1CCCNCC1. The average molecular weight is 679 g/mol. The fourth-order valence-corrected chi connectivity index (χ4v) is 4.98. The van der Waals surface area contributed by atoms with E-state index in [0.717, 1.165) is 31.2 Å². The first-order valence-corrected chi connectivity index (χ1v) is 14.7. The Balaban J connectivity index is 0.000000267. The summed E-state index contributed by atoms with van der Waals surface area (Å²) < 4.78 is 81.8. The van der Waals surface area contributed by atoms with Crippen LogP contribution in [0, 0.1) is 20.2 Å². The molecule has 0 aromatic heterocycles. The van der Waals surface area contributed by atoms with Crippen molar-refractivity contribution in [3.63, 3.8) is 0 Å². The second-order valence-electron chi connectivity index (χ2n) is 11.8. The van der Waals surface area contributed by atoms with Crippen LogP contribution in [0.5, 0.6) is 0 Å². The zero-order valence-electron chi connectivity index (χ0n) is 26.0. The van der Waals surface area contributed by atoms with Gasteiger partial charge in [0, 0.05) is 57.9 Å². The van der Waals surface area contributed by atoms with Crippen molar-refractivity contribution < 1.29 is 45.7 Å². The molecule has 2 fully saturated rings. The van der Waals surface area contributed by atoms with Gasteiger partial charge in [0.05, 0.1) is 21.0 Å². The zero-order chi connectivity index (χ0) is 35.2. The van der Waals surface area contributed by atoms with E-state index in [4.69, 9.17) is 4.74 Å². The number of benzene rings is 2. The van der Waals surface area contributed by atoms with Crippen LogP contribution < -0.4 is 15.1 Å². The summed E-state index contributed by atoms with van der Waals surface area (Å²) in [6.45, 7) is 9.11. The van der Waals surface area contributed by atoms with E-state index in [0.29, 0.717) is 51.3 Å². The summed E-state index contributed by atoms with van der Waals surface area (Å²) >= 11 is 0. The summed E-state index contributed by atoms with van der Waals surface area (Å²) in [6, 6.07) is 5.18. The smallest absolute Gasteiger partial charge is 0.416 e. The second-order valence-corrected chi connectivity index (χ2v) is 11.8. The minimum atomic E-state index is -4.66. The standard InChI is InChI=1S/C17H22F3N3O4.C12H14F3N3O2/c1-16(2,3)27-15(24)22-8-4-7-21(9-10-22)13-6-5-12(17(18,19)20)11-14(13)23(25)26;13-12(14,15)9-2-3-10(11(8-9)18(19)20)17-6-1-4-16-5-7-17/h5-6,11H,4,7-10H2,1-3H3;2-3,8,16H,1,4-7H2. The van der Waals surface area contributed by atoms with E-state index in [1.165, 1.54) is 11.0 Å². The molecule has 12 nitrogen and oxygen atoms in total. The number of carbonyl (C=O) groups excluding carboxylic acids is 1. The first-order chi connectivity index (χ1) is 21.8. The third kappa shape index (κ3) is 10.6. The number of nitro benzene ring substituents is 2. The Morgan fingerprint density at radius 1 is 0.723 bits per heavy atom. The number of halogens is 6. The summed E-state index contributed by atoms with van der Waals surface area (Å²) in [7, 11) is 0. The van der Waals surface area contributed by atoms with Crippen molar-refractivity contribution in [1.29, 1.82) is 0 Å². The van der Waals surface area contributed by atoms with Crippen LogP contribution in [0.1, 0.15) is 44.7 Å². The Morgan fingerprint density at radius 3 is 1.68 bits per heavy atom. The Labute approximate surface area is 266 Å². The Hall–Kier alpha value is -4.35. The molecule has 2 aromatic rings. The van der Waals surface area contributed by atoms with Crippen LogP contribution in [0.2, 0.25) is 0 Å². The van der Waals surface area contributed by atoms with Crippen molar-refractivity contribution in [2.75, 3.05) is 62.2 Å². The minimum Gasteiger partial charge on any atom is -0.444 e. The highest BCUT2D eigenvalue weighted by molar-refractivity contribution is 5.69. The van der Waals surface area contributed by atoms with E-state index < -0.39 is 56.4 Å². The van der Waals surface area contributed by atoms with Gasteiger partial charge >= 0.3 is 18.4 Å².